The third kappa shape index (κ3) is 2.92. The van der Waals surface area contributed by atoms with Crippen LogP contribution in [0.2, 0.25) is 0 Å². The van der Waals surface area contributed by atoms with E-state index in [1.54, 1.807) is 4.52 Å². The summed E-state index contributed by atoms with van der Waals surface area (Å²) in [4.78, 5) is 15.4. The number of nitrogens with zero attached hydrogens (tertiary/aromatic N) is 9. The van der Waals surface area contributed by atoms with Crippen LogP contribution in [0.3, 0.4) is 0 Å². The molecule has 0 bridgehead atoms. The molecule has 130 valence electrons. The Hall–Kier alpha value is -2.97. The van der Waals surface area contributed by atoms with Crippen LogP contribution >= 0.6 is 0 Å². The van der Waals surface area contributed by atoms with Gasteiger partial charge in [-0.25, -0.2) is 4.98 Å². The zero-order valence-corrected chi connectivity index (χ0v) is 14.7. The van der Waals surface area contributed by atoms with Crippen molar-refractivity contribution in [1.29, 1.82) is 0 Å². The van der Waals surface area contributed by atoms with E-state index >= 15 is 0 Å². The number of piperazine rings is 1. The molecule has 4 heterocycles. The first kappa shape index (κ1) is 15.6. The maximum Gasteiger partial charge on any atom is 0.226 e. The van der Waals surface area contributed by atoms with Crippen molar-refractivity contribution in [3.05, 3.63) is 30.2 Å². The molecule has 0 spiro atoms. The molecule has 9 nitrogen and oxygen atoms in total. The molecule has 0 aromatic carbocycles. The van der Waals surface area contributed by atoms with Crippen molar-refractivity contribution in [2.75, 3.05) is 55.0 Å². The molecule has 25 heavy (non-hydrogen) atoms. The van der Waals surface area contributed by atoms with Crippen LogP contribution in [0, 0.1) is 6.92 Å². The molecular formula is C16H21N9. The van der Waals surface area contributed by atoms with E-state index in [2.05, 4.69) is 35.1 Å². The van der Waals surface area contributed by atoms with Gasteiger partial charge in [0.2, 0.25) is 5.95 Å². The summed E-state index contributed by atoms with van der Waals surface area (Å²) in [6, 6.07) is 5.93. The molecule has 1 saturated heterocycles. The van der Waals surface area contributed by atoms with Gasteiger partial charge in [-0.1, -0.05) is 0 Å². The Morgan fingerprint density at radius 3 is 2.36 bits per heavy atom. The number of fused-ring (bicyclic) bond motifs is 1. The van der Waals surface area contributed by atoms with E-state index in [1.807, 2.05) is 50.3 Å². The Morgan fingerprint density at radius 2 is 1.64 bits per heavy atom. The predicted molar refractivity (Wildman–Crippen MR) is 96.3 cm³/mol. The Labute approximate surface area is 145 Å². The van der Waals surface area contributed by atoms with Crippen LogP contribution in [0.25, 0.3) is 5.65 Å². The van der Waals surface area contributed by atoms with Gasteiger partial charge in [-0.05, 0) is 25.1 Å². The second-order valence-corrected chi connectivity index (χ2v) is 6.29. The molecule has 0 unspecified atom stereocenters. The van der Waals surface area contributed by atoms with E-state index in [0.29, 0.717) is 0 Å². The van der Waals surface area contributed by atoms with Crippen molar-refractivity contribution in [2.45, 2.75) is 6.92 Å². The first-order valence-corrected chi connectivity index (χ1v) is 8.31. The molecule has 0 amide bonds. The maximum atomic E-state index is 4.66. The Bertz CT molecular complexity index is 880. The van der Waals surface area contributed by atoms with E-state index < -0.39 is 0 Å². The van der Waals surface area contributed by atoms with Gasteiger partial charge in [0.05, 0.1) is 0 Å². The van der Waals surface area contributed by atoms with Crippen molar-refractivity contribution in [2.24, 2.45) is 0 Å². The molecule has 0 saturated carbocycles. The smallest absolute Gasteiger partial charge is 0.226 e. The predicted octanol–water partition coefficient (Wildman–Crippen LogP) is 0.615. The molecule has 3 aromatic heterocycles. The van der Waals surface area contributed by atoms with Crippen molar-refractivity contribution in [1.82, 2.24) is 29.8 Å². The van der Waals surface area contributed by atoms with Gasteiger partial charge in [0.1, 0.15) is 11.6 Å². The highest BCUT2D eigenvalue weighted by Crippen LogP contribution is 2.19. The average molecular weight is 339 g/mol. The zero-order valence-electron chi connectivity index (χ0n) is 14.7. The van der Waals surface area contributed by atoms with Gasteiger partial charge in [-0.15, -0.1) is 15.3 Å². The summed E-state index contributed by atoms with van der Waals surface area (Å²) in [6.07, 6.45) is 1.81. The summed E-state index contributed by atoms with van der Waals surface area (Å²) in [5.41, 5.74) is 0.775. The minimum absolute atomic E-state index is 0.732. The lowest BCUT2D eigenvalue weighted by molar-refractivity contribution is 0.634. The van der Waals surface area contributed by atoms with E-state index in [1.165, 1.54) is 0 Å². The van der Waals surface area contributed by atoms with Crippen LogP contribution in [0.4, 0.5) is 17.6 Å². The standard InChI is InChI=1S/C16H21N9/c1-12-19-20-14-4-5-15(21-25(12)14)24-10-8-23(9-11-24)13-6-7-17-16(18-13)22(2)3/h4-7H,8-11H2,1-3H3. The van der Waals surface area contributed by atoms with Gasteiger partial charge >= 0.3 is 0 Å². The molecule has 4 rings (SSSR count). The van der Waals surface area contributed by atoms with Gasteiger partial charge < -0.3 is 14.7 Å². The van der Waals surface area contributed by atoms with Gasteiger partial charge in [-0.3, -0.25) is 0 Å². The number of aromatic nitrogens is 6. The number of hydrogen-bond acceptors (Lipinski definition) is 8. The molecule has 1 aliphatic rings. The summed E-state index contributed by atoms with van der Waals surface area (Å²) in [5.74, 6) is 3.45. The van der Waals surface area contributed by atoms with E-state index in [9.17, 15) is 0 Å². The second kappa shape index (κ2) is 6.15. The summed E-state index contributed by atoms with van der Waals surface area (Å²) >= 11 is 0. The number of rotatable bonds is 3. The molecule has 3 aromatic rings. The number of anilines is 3. The third-order valence-electron chi connectivity index (χ3n) is 4.36. The van der Waals surface area contributed by atoms with Crippen LogP contribution in [0.15, 0.2) is 24.4 Å². The van der Waals surface area contributed by atoms with Crippen molar-refractivity contribution >= 4 is 23.2 Å². The molecule has 1 fully saturated rings. The van der Waals surface area contributed by atoms with Gasteiger partial charge in [-0.2, -0.15) is 9.50 Å². The van der Waals surface area contributed by atoms with Gasteiger partial charge in [0, 0.05) is 46.5 Å². The molecule has 9 heteroatoms. The third-order valence-corrected chi connectivity index (χ3v) is 4.36. The van der Waals surface area contributed by atoms with E-state index in [-0.39, 0.29) is 0 Å². The minimum Gasteiger partial charge on any atom is -0.353 e. The molecule has 0 aliphatic carbocycles. The van der Waals surface area contributed by atoms with Crippen LogP contribution in [-0.2, 0) is 0 Å². The monoisotopic (exact) mass is 339 g/mol. The number of aryl methyl sites for hydroxylation is 1. The summed E-state index contributed by atoms with van der Waals surface area (Å²) in [7, 11) is 3.90. The quantitative estimate of drug-likeness (QED) is 0.687. The minimum atomic E-state index is 0.732. The Balaban J connectivity index is 1.49. The normalized spacial score (nSPS) is 15.0. The highest BCUT2D eigenvalue weighted by atomic mass is 15.4. The first-order chi connectivity index (χ1) is 12.1. The van der Waals surface area contributed by atoms with Crippen molar-refractivity contribution < 1.29 is 0 Å². The van der Waals surface area contributed by atoms with E-state index in [0.717, 1.165) is 55.2 Å². The van der Waals surface area contributed by atoms with Crippen LogP contribution in [0.1, 0.15) is 5.82 Å². The molecular weight excluding hydrogens is 318 g/mol. The number of hydrogen-bond donors (Lipinski definition) is 0. The van der Waals surface area contributed by atoms with Crippen molar-refractivity contribution in [3.8, 4) is 0 Å². The topological polar surface area (TPSA) is 78.6 Å². The van der Waals surface area contributed by atoms with Crippen LogP contribution in [0.5, 0.6) is 0 Å². The lowest BCUT2D eigenvalue weighted by atomic mass is 10.3. The molecule has 0 N–H and O–H groups in total. The largest absolute Gasteiger partial charge is 0.353 e. The van der Waals surface area contributed by atoms with Crippen LogP contribution < -0.4 is 14.7 Å². The summed E-state index contributed by atoms with van der Waals surface area (Å²) < 4.78 is 1.79. The lowest BCUT2D eigenvalue weighted by Crippen LogP contribution is -2.47. The maximum absolute atomic E-state index is 4.66. The lowest BCUT2D eigenvalue weighted by Gasteiger charge is -2.36. The van der Waals surface area contributed by atoms with Gasteiger partial charge in [0.25, 0.3) is 0 Å². The SMILES string of the molecule is Cc1nnc2ccc(N3CCN(c4ccnc(N(C)C)n4)CC3)nn12. The molecule has 0 atom stereocenters. The summed E-state index contributed by atoms with van der Waals surface area (Å²) in [6.45, 7) is 5.48. The van der Waals surface area contributed by atoms with Crippen molar-refractivity contribution in [3.63, 3.8) is 0 Å². The average Bonchev–Trinajstić information content (AvgIpc) is 3.02. The van der Waals surface area contributed by atoms with Crippen LogP contribution in [-0.4, -0.2) is 70.1 Å². The highest BCUT2D eigenvalue weighted by Gasteiger charge is 2.20. The molecule has 1 aliphatic heterocycles. The van der Waals surface area contributed by atoms with E-state index in [4.69, 9.17) is 0 Å². The Kier molecular flexibility index (Phi) is 3.83. The Morgan fingerprint density at radius 1 is 0.920 bits per heavy atom. The highest BCUT2D eigenvalue weighted by molar-refractivity contribution is 5.49. The van der Waals surface area contributed by atoms with Gasteiger partial charge in [0.15, 0.2) is 11.5 Å². The fraction of sp³-hybridized carbons (Fsp3) is 0.438. The first-order valence-electron chi connectivity index (χ1n) is 8.31. The zero-order chi connectivity index (χ0) is 17.4. The fourth-order valence-corrected chi connectivity index (χ4v) is 2.95. The molecule has 0 radical (unpaired) electrons. The second-order valence-electron chi connectivity index (χ2n) is 6.29. The fourth-order valence-electron chi connectivity index (χ4n) is 2.95. The summed E-state index contributed by atoms with van der Waals surface area (Å²) in [5, 5.41) is 12.8.